The highest BCUT2D eigenvalue weighted by molar-refractivity contribution is 6.01. The Balaban J connectivity index is 1.38. The van der Waals surface area contributed by atoms with Crippen molar-refractivity contribution >= 4 is 27.8 Å². The number of benzene rings is 7. The van der Waals surface area contributed by atoms with Gasteiger partial charge in [-0.15, -0.1) is 0 Å². The second-order valence-electron chi connectivity index (χ2n) is 11.8. The van der Waals surface area contributed by atoms with E-state index in [4.69, 9.17) is 0 Å². The normalized spacial score (nSPS) is 11.4. The van der Waals surface area contributed by atoms with E-state index in [9.17, 15) is 0 Å². The lowest BCUT2D eigenvalue weighted by Gasteiger charge is -2.31. The van der Waals surface area contributed by atoms with Gasteiger partial charge in [0.2, 0.25) is 0 Å². The summed E-state index contributed by atoms with van der Waals surface area (Å²) in [5.41, 5.74) is 10.7. The van der Waals surface area contributed by atoms with Gasteiger partial charge in [-0.1, -0.05) is 159 Å². The summed E-state index contributed by atoms with van der Waals surface area (Å²) in [5.74, 6) is 0. The molecule has 0 fully saturated rings. The topological polar surface area (TPSA) is 3.24 Å². The van der Waals surface area contributed by atoms with Crippen molar-refractivity contribution in [2.45, 2.75) is 19.3 Å². The second-order valence-corrected chi connectivity index (χ2v) is 11.8. The minimum Gasteiger partial charge on any atom is -0.310 e. The molecule has 1 heteroatoms. The molecular formula is C43H35N. The summed E-state index contributed by atoms with van der Waals surface area (Å²) in [4.78, 5) is 2.39. The Hall–Kier alpha value is -5.40. The van der Waals surface area contributed by atoms with Gasteiger partial charge in [-0.3, -0.25) is 0 Å². The van der Waals surface area contributed by atoms with Crippen LogP contribution in [0.4, 0.5) is 17.1 Å². The van der Waals surface area contributed by atoms with Crippen molar-refractivity contribution in [2.75, 3.05) is 4.90 Å². The smallest absolute Gasteiger partial charge is 0.0540 e. The van der Waals surface area contributed by atoms with E-state index in [-0.39, 0.29) is 5.41 Å². The standard InChI is InChI=1S/C43H35N/c1-43(2,36-18-10-5-11-19-36)41-30-31-42(40-21-13-12-20-39(40)41)44(37-26-22-34(23-27-37)32-14-6-3-7-15-32)38-28-24-35(25-29-38)33-16-8-4-9-17-33/h3-31H,1-2H3. The van der Waals surface area contributed by atoms with Crippen LogP contribution < -0.4 is 4.90 Å². The van der Waals surface area contributed by atoms with Crippen molar-refractivity contribution in [3.63, 3.8) is 0 Å². The van der Waals surface area contributed by atoms with Crippen molar-refractivity contribution < 1.29 is 0 Å². The van der Waals surface area contributed by atoms with Crippen molar-refractivity contribution in [2.24, 2.45) is 0 Å². The van der Waals surface area contributed by atoms with Gasteiger partial charge >= 0.3 is 0 Å². The predicted octanol–water partition coefficient (Wildman–Crippen LogP) is 12.0. The van der Waals surface area contributed by atoms with Crippen LogP contribution in [0.25, 0.3) is 33.0 Å². The van der Waals surface area contributed by atoms with Gasteiger partial charge in [0.05, 0.1) is 5.69 Å². The third kappa shape index (κ3) is 5.18. The molecule has 0 aromatic heterocycles. The third-order valence-electron chi connectivity index (χ3n) is 8.78. The molecule has 0 aliphatic heterocycles. The van der Waals surface area contributed by atoms with Crippen LogP contribution in [0.5, 0.6) is 0 Å². The lowest BCUT2D eigenvalue weighted by molar-refractivity contribution is 0.647. The lowest BCUT2D eigenvalue weighted by atomic mass is 9.76. The first-order chi connectivity index (χ1) is 21.6. The van der Waals surface area contributed by atoms with E-state index in [0.717, 1.165) is 17.1 Å². The van der Waals surface area contributed by atoms with Gasteiger partial charge in [0.15, 0.2) is 0 Å². The Bertz CT molecular complexity index is 1910. The molecule has 0 bridgehead atoms. The lowest BCUT2D eigenvalue weighted by Crippen LogP contribution is -2.20. The molecule has 0 heterocycles. The Kier molecular flexibility index (Phi) is 7.30. The van der Waals surface area contributed by atoms with E-state index in [2.05, 4.69) is 195 Å². The summed E-state index contributed by atoms with van der Waals surface area (Å²) in [5, 5.41) is 2.50. The molecule has 0 unspecified atom stereocenters. The summed E-state index contributed by atoms with van der Waals surface area (Å²) in [6.07, 6.45) is 0. The molecule has 0 saturated carbocycles. The number of rotatable bonds is 7. The van der Waals surface area contributed by atoms with Crippen molar-refractivity contribution in [3.05, 3.63) is 187 Å². The fraction of sp³-hybridized carbons (Fsp3) is 0.0698. The van der Waals surface area contributed by atoms with Gasteiger partial charge in [-0.05, 0) is 69.1 Å². The van der Waals surface area contributed by atoms with Crippen LogP contribution in [-0.2, 0) is 5.41 Å². The molecule has 0 N–H and O–H groups in total. The predicted molar refractivity (Wildman–Crippen MR) is 188 cm³/mol. The highest BCUT2D eigenvalue weighted by atomic mass is 15.1. The molecule has 7 rings (SSSR count). The SMILES string of the molecule is CC(C)(c1ccccc1)c1ccc(N(c2ccc(-c3ccccc3)cc2)c2ccc(-c3ccccc3)cc2)c2ccccc12. The first-order valence-corrected chi connectivity index (χ1v) is 15.3. The average Bonchev–Trinajstić information content (AvgIpc) is 3.10. The molecule has 7 aromatic rings. The molecular weight excluding hydrogens is 530 g/mol. The molecule has 1 nitrogen and oxygen atoms in total. The highest BCUT2D eigenvalue weighted by Gasteiger charge is 2.27. The average molecular weight is 566 g/mol. The van der Waals surface area contributed by atoms with Gasteiger partial charge < -0.3 is 4.90 Å². The van der Waals surface area contributed by atoms with Crippen LogP contribution in [0.3, 0.4) is 0 Å². The van der Waals surface area contributed by atoms with Crippen molar-refractivity contribution in [1.82, 2.24) is 0 Å². The van der Waals surface area contributed by atoms with E-state index in [0.29, 0.717) is 0 Å². The molecule has 0 atom stereocenters. The molecule has 44 heavy (non-hydrogen) atoms. The minimum atomic E-state index is -0.154. The van der Waals surface area contributed by atoms with Crippen molar-refractivity contribution in [3.8, 4) is 22.3 Å². The molecule has 0 aliphatic rings. The monoisotopic (exact) mass is 565 g/mol. The Morgan fingerprint density at radius 2 is 0.773 bits per heavy atom. The largest absolute Gasteiger partial charge is 0.310 e. The molecule has 0 radical (unpaired) electrons. The summed E-state index contributed by atoms with van der Waals surface area (Å²) in [7, 11) is 0. The van der Waals surface area contributed by atoms with Crippen molar-refractivity contribution in [1.29, 1.82) is 0 Å². The molecule has 0 amide bonds. The first kappa shape index (κ1) is 27.4. The number of nitrogens with zero attached hydrogens (tertiary/aromatic N) is 1. The quantitative estimate of drug-likeness (QED) is 0.186. The van der Waals surface area contributed by atoms with E-state index < -0.39 is 0 Å². The fourth-order valence-electron chi connectivity index (χ4n) is 6.33. The van der Waals surface area contributed by atoms with Crippen LogP contribution in [0.1, 0.15) is 25.0 Å². The molecule has 0 saturated heterocycles. The first-order valence-electron chi connectivity index (χ1n) is 15.3. The van der Waals surface area contributed by atoms with Gasteiger partial charge in [-0.25, -0.2) is 0 Å². The van der Waals surface area contributed by atoms with Crippen LogP contribution in [0, 0.1) is 0 Å². The van der Waals surface area contributed by atoms with E-state index >= 15 is 0 Å². The van der Waals surface area contributed by atoms with E-state index in [1.54, 1.807) is 0 Å². The van der Waals surface area contributed by atoms with Gasteiger partial charge in [-0.2, -0.15) is 0 Å². The molecule has 0 aliphatic carbocycles. The maximum absolute atomic E-state index is 2.39. The number of fused-ring (bicyclic) bond motifs is 1. The highest BCUT2D eigenvalue weighted by Crippen LogP contribution is 2.44. The number of anilines is 3. The molecule has 0 spiro atoms. The van der Waals surface area contributed by atoms with Crippen LogP contribution in [0.15, 0.2) is 176 Å². The van der Waals surface area contributed by atoms with E-state index in [1.807, 2.05) is 0 Å². The summed E-state index contributed by atoms with van der Waals surface area (Å²) < 4.78 is 0. The van der Waals surface area contributed by atoms with Crippen LogP contribution >= 0.6 is 0 Å². The zero-order chi connectivity index (χ0) is 29.9. The maximum atomic E-state index is 2.39. The minimum absolute atomic E-state index is 0.154. The Morgan fingerprint density at radius 3 is 1.27 bits per heavy atom. The molecule has 212 valence electrons. The summed E-state index contributed by atoms with van der Waals surface area (Å²) >= 11 is 0. The van der Waals surface area contributed by atoms with Crippen LogP contribution in [-0.4, -0.2) is 0 Å². The zero-order valence-electron chi connectivity index (χ0n) is 25.2. The molecule has 7 aromatic carbocycles. The maximum Gasteiger partial charge on any atom is 0.0540 e. The zero-order valence-corrected chi connectivity index (χ0v) is 25.2. The Morgan fingerprint density at radius 1 is 0.364 bits per heavy atom. The summed E-state index contributed by atoms with van der Waals surface area (Å²) in [6.45, 7) is 4.65. The number of hydrogen-bond acceptors (Lipinski definition) is 1. The van der Waals surface area contributed by atoms with Crippen LogP contribution in [0.2, 0.25) is 0 Å². The second kappa shape index (κ2) is 11.7. The van der Waals surface area contributed by atoms with Gasteiger partial charge in [0.1, 0.15) is 0 Å². The summed E-state index contributed by atoms with van der Waals surface area (Å²) in [6, 6.07) is 63.3. The van der Waals surface area contributed by atoms with Gasteiger partial charge in [0.25, 0.3) is 0 Å². The Labute approximate surface area is 260 Å². The van der Waals surface area contributed by atoms with E-state index in [1.165, 1.54) is 44.2 Å². The third-order valence-corrected chi connectivity index (χ3v) is 8.78. The fourth-order valence-corrected chi connectivity index (χ4v) is 6.33. The number of hydrogen-bond donors (Lipinski definition) is 0. The van der Waals surface area contributed by atoms with Gasteiger partial charge in [0, 0.05) is 22.2 Å².